The zero-order valence-electron chi connectivity index (χ0n) is 7.97. The highest BCUT2D eigenvalue weighted by molar-refractivity contribution is 5.74. The Morgan fingerprint density at radius 1 is 1.58 bits per heavy atom. The lowest BCUT2D eigenvalue weighted by atomic mass is 9.81. The van der Waals surface area contributed by atoms with Crippen molar-refractivity contribution in [3.05, 3.63) is 12.7 Å². The largest absolute Gasteiger partial charge is 0.481 e. The minimum absolute atomic E-state index is 0.553. The molecule has 12 heavy (non-hydrogen) atoms. The van der Waals surface area contributed by atoms with Crippen molar-refractivity contribution in [2.24, 2.45) is 5.41 Å². The molecule has 1 atom stereocenters. The Morgan fingerprint density at radius 3 is 2.50 bits per heavy atom. The number of carboxylic acid groups (broad SMARTS) is 1. The Balaban J connectivity index is 4.17. The summed E-state index contributed by atoms with van der Waals surface area (Å²) in [5.74, 6) is -0.689. The summed E-state index contributed by atoms with van der Waals surface area (Å²) in [6.07, 6.45) is 4.91. The standard InChI is InChI=1S/C10H18O2/c1-4-6-8-10(3,7-5-2)9(11)12/h4H,1,5-8H2,2-3H3,(H,11,12). The normalized spacial score (nSPS) is 15.2. The molecule has 0 aliphatic heterocycles. The van der Waals surface area contributed by atoms with E-state index in [1.807, 2.05) is 13.8 Å². The lowest BCUT2D eigenvalue weighted by molar-refractivity contribution is -0.148. The van der Waals surface area contributed by atoms with E-state index < -0.39 is 11.4 Å². The summed E-state index contributed by atoms with van der Waals surface area (Å²) in [5, 5.41) is 8.96. The monoisotopic (exact) mass is 170 g/mol. The molecule has 0 amide bonds. The van der Waals surface area contributed by atoms with Crippen molar-refractivity contribution in [2.75, 3.05) is 0 Å². The molecule has 0 bridgehead atoms. The maximum Gasteiger partial charge on any atom is 0.309 e. The highest BCUT2D eigenvalue weighted by Crippen LogP contribution is 2.29. The van der Waals surface area contributed by atoms with Gasteiger partial charge in [0.15, 0.2) is 0 Å². The smallest absolute Gasteiger partial charge is 0.309 e. The van der Waals surface area contributed by atoms with Crippen molar-refractivity contribution in [3.63, 3.8) is 0 Å². The first-order valence-electron chi connectivity index (χ1n) is 4.41. The second kappa shape index (κ2) is 4.96. The second-order valence-corrected chi connectivity index (χ2v) is 3.44. The fourth-order valence-corrected chi connectivity index (χ4v) is 1.31. The Morgan fingerprint density at radius 2 is 2.17 bits per heavy atom. The number of rotatable bonds is 6. The van der Waals surface area contributed by atoms with Gasteiger partial charge in [0.25, 0.3) is 0 Å². The zero-order valence-corrected chi connectivity index (χ0v) is 7.97. The first-order valence-corrected chi connectivity index (χ1v) is 4.41. The molecular weight excluding hydrogens is 152 g/mol. The van der Waals surface area contributed by atoms with Crippen LogP contribution in [0.5, 0.6) is 0 Å². The number of aliphatic carboxylic acids is 1. The molecule has 2 heteroatoms. The van der Waals surface area contributed by atoms with E-state index in [2.05, 4.69) is 6.58 Å². The second-order valence-electron chi connectivity index (χ2n) is 3.44. The molecule has 0 heterocycles. The molecule has 0 rings (SSSR count). The molecule has 0 spiro atoms. The van der Waals surface area contributed by atoms with Crippen molar-refractivity contribution < 1.29 is 9.90 Å². The highest BCUT2D eigenvalue weighted by Gasteiger charge is 2.30. The number of hydrogen-bond donors (Lipinski definition) is 1. The third-order valence-corrected chi connectivity index (χ3v) is 2.22. The van der Waals surface area contributed by atoms with Gasteiger partial charge in [-0.25, -0.2) is 0 Å². The van der Waals surface area contributed by atoms with Crippen LogP contribution < -0.4 is 0 Å². The molecule has 0 saturated carbocycles. The maximum atomic E-state index is 10.9. The first kappa shape index (κ1) is 11.2. The van der Waals surface area contributed by atoms with Crippen LogP contribution in [-0.2, 0) is 4.79 Å². The van der Waals surface area contributed by atoms with E-state index in [1.54, 1.807) is 6.08 Å². The number of carboxylic acids is 1. The molecule has 70 valence electrons. The van der Waals surface area contributed by atoms with Crippen LogP contribution in [0.2, 0.25) is 0 Å². The Bertz CT molecular complexity index is 163. The van der Waals surface area contributed by atoms with E-state index in [0.29, 0.717) is 6.42 Å². The van der Waals surface area contributed by atoms with Gasteiger partial charge in [-0.05, 0) is 26.2 Å². The van der Waals surface area contributed by atoms with Crippen LogP contribution >= 0.6 is 0 Å². The minimum atomic E-state index is -0.689. The Labute approximate surface area is 74.3 Å². The van der Waals surface area contributed by atoms with E-state index in [-0.39, 0.29) is 0 Å². The van der Waals surface area contributed by atoms with Crippen molar-refractivity contribution in [1.29, 1.82) is 0 Å². The van der Waals surface area contributed by atoms with E-state index in [4.69, 9.17) is 5.11 Å². The number of allylic oxidation sites excluding steroid dienone is 1. The molecule has 0 aliphatic carbocycles. The summed E-state index contributed by atoms with van der Waals surface area (Å²) >= 11 is 0. The van der Waals surface area contributed by atoms with Crippen molar-refractivity contribution in [3.8, 4) is 0 Å². The molecule has 0 saturated heterocycles. The van der Waals surface area contributed by atoms with E-state index >= 15 is 0 Å². The molecule has 1 N–H and O–H groups in total. The molecule has 0 aromatic heterocycles. The van der Waals surface area contributed by atoms with E-state index in [1.165, 1.54) is 0 Å². The summed E-state index contributed by atoms with van der Waals surface area (Å²) in [6, 6.07) is 0. The minimum Gasteiger partial charge on any atom is -0.481 e. The van der Waals surface area contributed by atoms with Gasteiger partial charge in [0, 0.05) is 0 Å². The summed E-state index contributed by atoms with van der Waals surface area (Å²) in [6.45, 7) is 7.41. The zero-order chi connectivity index (χ0) is 9.61. The van der Waals surface area contributed by atoms with Crippen LogP contribution in [0.1, 0.15) is 39.5 Å². The van der Waals surface area contributed by atoms with Crippen LogP contribution in [0.3, 0.4) is 0 Å². The lowest BCUT2D eigenvalue weighted by Crippen LogP contribution is -2.27. The summed E-state index contributed by atoms with van der Waals surface area (Å²) in [7, 11) is 0. The lowest BCUT2D eigenvalue weighted by Gasteiger charge is -2.23. The maximum absolute atomic E-state index is 10.9. The molecular formula is C10H18O2. The molecule has 0 fully saturated rings. The van der Waals surface area contributed by atoms with Crippen LogP contribution in [0, 0.1) is 5.41 Å². The molecule has 0 aromatic carbocycles. The first-order chi connectivity index (χ1) is 5.56. The third-order valence-electron chi connectivity index (χ3n) is 2.22. The topological polar surface area (TPSA) is 37.3 Å². The quantitative estimate of drug-likeness (QED) is 0.622. The molecule has 0 aromatic rings. The van der Waals surface area contributed by atoms with Crippen LogP contribution in [0.25, 0.3) is 0 Å². The predicted octanol–water partition coefficient (Wildman–Crippen LogP) is 2.84. The SMILES string of the molecule is C=CCCC(C)(CCC)C(=O)O. The van der Waals surface area contributed by atoms with E-state index in [9.17, 15) is 4.79 Å². The summed E-state index contributed by atoms with van der Waals surface area (Å²) in [5.41, 5.74) is -0.553. The van der Waals surface area contributed by atoms with Gasteiger partial charge in [-0.3, -0.25) is 4.79 Å². The van der Waals surface area contributed by atoms with Crippen molar-refractivity contribution >= 4 is 5.97 Å². The van der Waals surface area contributed by atoms with Gasteiger partial charge in [0.05, 0.1) is 5.41 Å². The molecule has 2 nitrogen and oxygen atoms in total. The van der Waals surface area contributed by atoms with Gasteiger partial charge < -0.3 is 5.11 Å². The summed E-state index contributed by atoms with van der Waals surface area (Å²) < 4.78 is 0. The third kappa shape index (κ3) is 3.07. The fourth-order valence-electron chi connectivity index (χ4n) is 1.31. The van der Waals surface area contributed by atoms with Gasteiger partial charge in [-0.15, -0.1) is 6.58 Å². The van der Waals surface area contributed by atoms with Gasteiger partial charge in [-0.1, -0.05) is 19.4 Å². The van der Waals surface area contributed by atoms with Gasteiger partial charge in [0.1, 0.15) is 0 Å². The average Bonchev–Trinajstić information content (AvgIpc) is 2.01. The molecule has 0 radical (unpaired) electrons. The average molecular weight is 170 g/mol. The Hall–Kier alpha value is -0.790. The molecule has 0 aliphatic rings. The Kier molecular flexibility index (Phi) is 4.64. The summed E-state index contributed by atoms with van der Waals surface area (Å²) in [4.78, 5) is 10.9. The van der Waals surface area contributed by atoms with Gasteiger partial charge in [-0.2, -0.15) is 0 Å². The van der Waals surface area contributed by atoms with E-state index in [0.717, 1.165) is 19.3 Å². The van der Waals surface area contributed by atoms with Crippen LogP contribution in [-0.4, -0.2) is 11.1 Å². The van der Waals surface area contributed by atoms with Gasteiger partial charge in [0.2, 0.25) is 0 Å². The molecule has 1 unspecified atom stereocenters. The van der Waals surface area contributed by atoms with Gasteiger partial charge >= 0.3 is 5.97 Å². The van der Waals surface area contributed by atoms with Crippen molar-refractivity contribution in [2.45, 2.75) is 39.5 Å². The number of carbonyl (C=O) groups is 1. The number of hydrogen-bond acceptors (Lipinski definition) is 1. The van der Waals surface area contributed by atoms with Crippen LogP contribution in [0.4, 0.5) is 0 Å². The predicted molar refractivity (Wildman–Crippen MR) is 50.1 cm³/mol. The highest BCUT2D eigenvalue weighted by atomic mass is 16.4. The van der Waals surface area contributed by atoms with Crippen molar-refractivity contribution in [1.82, 2.24) is 0 Å². The van der Waals surface area contributed by atoms with Crippen LogP contribution in [0.15, 0.2) is 12.7 Å². The fraction of sp³-hybridized carbons (Fsp3) is 0.700.